The molecular formula is C16H20N2O3. The second-order valence-electron chi connectivity index (χ2n) is 5.46. The summed E-state index contributed by atoms with van der Waals surface area (Å²) in [6.07, 6.45) is 0.276. The number of rotatable bonds is 5. The number of benzene rings is 1. The smallest absolute Gasteiger partial charge is 0.308 e. The number of nitrogens with one attached hydrogen (secondary N) is 1. The van der Waals surface area contributed by atoms with Crippen molar-refractivity contribution >= 4 is 22.8 Å². The molecule has 0 bridgehead atoms. The molecule has 2 aromatic rings. The van der Waals surface area contributed by atoms with Crippen molar-refractivity contribution in [3.8, 4) is 0 Å². The molecule has 0 saturated heterocycles. The van der Waals surface area contributed by atoms with Gasteiger partial charge in [-0.05, 0) is 18.6 Å². The molecule has 1 amide bonds. The Bertz CT molecular complexity index is 675. The molecule has 5 heteroatoms. The fourth-order valence-electron chi connectivity index (χ4n) is 2.44. The summed E-state index contributed by atoms with van der Waals surface area (Å²) in [5.41, 5.74) is 2.97. The van der Waals surface area contributed by atoms with Crippen LogP contribution in [0.5, 0.6) is 0 Å². The fourth-order valence-corrected chi connectivity index (χ4v) is 2.44. The molecular weight excluding hydrogens is 268 g/mol. The number of aromatic nitrogens is 1. The van der Waals surface area contributed by atoms with Gasteiger partial charge in [-0.3, -0.25) is 9.59 Å². The predicted octanol–water partition coefficient (Wildman–Crippen LogP) is 2.20. The SMILES string of the molecule is Cc1[nH]c2ccccc2c1CC(=O)N(C)CC(C)C(=O)O. The van der Waals surface area contributed by atoms with Crippen molar-refractivity contribution in [2.45, 2.75) is 20.3 Å². The van der Waals surface area contributed by atoms with Crippen molar-refractivity contribution in [1.29, 1.82) is 0 Å². The van der Waals surface area contributed by atoms with Gasteiger partial charge in [-0.15, -0.1) is 0 Å². The van der Waals surface area contributed by atoms with E-state index in [9.17, 15) is 9.59 Å². The van der Waals surface area contributed by atoms with Crippen LogP contribution in [0.3, 0.4) is 0 Å². The van der Waals surface area contributed by atoms with E-state index in [-0.39, 0.29) is 18.9 Å². The van der Waals surface area contributed by atoms with Crippen molar-refractivity contribution in [2.24, 2.45) is 5.92 Å². The second-order valence-corrected chi connectivity index (χ2v) is 5.46. The number of hydrogen-bond donors (Lipinski definition) is 2. The van der Waals surface area contributed by atoms with Crippen molar-refractivity contribution in [3.05, 3.63) is 35.5 Å². The maximum absolute atomic E-state index is 12.3. The molecule has 1 aromatic heterocycles. The minimum Gasteiger partial charge on any atom is -0.481 e. The molecule has 0 aliphatic carbocycles. The summed E-state index contributed by atoms with van der Waals surface area (Å²) in [6.45, 7) is 3.76. The second kappa shape index (κ2) is 5.99. The zero-order valence-corrected chi connectivity index (χ0v) is 12.5. The van der Waals surface area contributed by atoms with Crippen LogP contribution >= 0.6 is 0 Å². The Balaban J connectivity index is 2.14. The average molecular weight is 288 g/mol. The summed E-state index contributed by atoms with van der Waals surface area (Å²) >= 11 is 0. The first kappa shape index (κ1) is 15.1. The Morgan fingerprint density at radius 3 is 2.67 bits per heavy atom. The number of carboxylic acid groups (broad SMARTS) is 1. The third-order valence-corrected chi connectivity index (χ3v) is 3.75. The Labute approximate surface area is 123 Å². The van der Waals surface area contributed by atoms with Gasteiger partial charge in [-0.1, -0.05) is 25.1 Å². The van der Waals surface area contributed by atoms with Crippen LogP contribution < -0.4 is 0 Å². The maximum atomic E-state index is 12.3. The number of carboxylic acids is 1. The van der Waals surface area contributed by atoms with Gasteiger partial charge in [-0.2, -0.15) is 0 Å². The summed E-state index contributed by atoms with van der Waals surface area (Å²) in [4.78, 5) is 27.9. The van der Waals surface area contributed by atoms with E-state index in [0.717, 1.165) is 22.2 Å². The van der Waals surface area contributed by atoms with Crippen LogP contribution in [0, 0.1) is 12.8 Å². The highest BCUT2D eigenvalue weighted by Gasteiger charge is 2.19. The number of fused-ring (bicyclic) bond motifs is 1. The molecule has 0 radical (unpaired) electrons. The lowest BCUT2D eigenvalue weighted by atomic mass is 10.1. The Hall–Kier alpha value is -2.30. The van der Waals surface area contributed by atoms with Gasteiger partial charge in [0.1, 0.15) is 0 Å². The third-order valence-electron chi connectivity index (χ3n) is 3.75. The van der Waals surface area contributed by atoms with Gasteiger partial charge in [0.2, 0.25) is 5.91 Å². The van der Waals surface area contributed by atoms with E-state index in [2.05, 4.69) is 4.98 Å². The number of aliphatic carboxylic acids is 1. The molecule has 1 atom stereocenters. The lowest BCUT2D eigenvalue weighted by Crippen LogP contribution is -2.34. The van der Waals surface area contributed by atoms with E-state index in [0.29, 0.717) is 0 Å². The number of aromatic amines is 1. The van der Waals surface area contributed by atoms with E-state index in [4.69, 9.17) is 5.11 Å². The van der Waals surface area contributed by atoms with Gasteiger partial charge in [0.05, 0.1) is 12.3 Å². The van der Waals surface area contributed by atoms with Crippen LogP contribution in [0.15, 0.2) is 24.3 Å². The molecule has 0 spiro atoms. The molecule has 0 saturated carbocycles. The molecule has 112 valence electrons. The molecule has 2 N–H and O–H groups in total. The highest BCUT2D eigenvalue weighted by atomic mass is 16.4. The number of para-hydroxylation sites is 1. The van der Waals surface area contributed by atoms with Gasteiger partial charge < -0.3 is 15.0 Å². The number of amides is 1. The standard InChI is InChI=1S/C16H20N2O3/c1-10(16(20)21)9-18(3)15(19)8-13-11(2)17-14-7-5-4-6-12(13)14/h4-7,10,17H,8-9H2,1-3H3,(H,20,21). The van der Waals surface area contributed by atoms with Crippen molar-refractivity contribution < 1.29 is 14.7 Å². The van der Waals surface area contributed by atoms with Crippen molar-refractivity contribution in [1.82, 2.24) is 9.88 Å². The number of carbonyl (C=O) groups excluding carboxylic acids is 1. The van der Waals surface area contributed by atoms with Gasteiger partial charge in [-0.25, -0.2) is 0 Å². The number of nitrogens with zero attached hydrogens (tertiary/aromatic N) is 1. The molecule has 0 aliphatic rings. The summed E-state index contributed by atoms with van der Waals surface area (Å²) in [5.74, 6) is -1.53. The molecule has 1 unspecified atom stereocenters. The Morgan fingerprint density at radius 1 is 1.33 bits per heavy atom. The van der Waals surface area contributed by atoms with Gasteiger partial charge in [0.25, 0.3) is 0 Å². The lowest BCUT2D eigenvalue weighted by molar-refractivity contribution is -0.142. The molecule has 21 heavy (non-hydrogen) atoms. The van der Waals surface area contributed by atoms with Crippen LogP contribution in [0.1, 0.15) is 18.2 Å². The van der Waals surface area contributed by atoms with Gasteiger partial charge in [0, 0.05) is 30.2 Å². The number of hydrogen-bond acceptors (Lipinski definition) is 2. The van der Waals surface area contributed by atoms with Crippen LogP contribution in [-0.2, 0) is 16.0 Å². The van der Waals surface area contributed by atoms with Gasteiger partial charge in [0.15, 0.2) is 0 Å². The number of H-pyrrole nitrogens is 1. The van der Waals surface area contributed by atoms with Gasteiger partial charge >= 0.3 is 5.97 Å². The quantitative estimate of drug-likeness (QED) is 0.885. The van der Waals surface area contributed by atoms with E-state index < -0.39 is 11.9 Å². The minimum absolute atomic E-state index is 0.0732. The lowest BCUT2D eigenvalue weighted by Gasteiger charge is -2.19. The maximum Gasteiger partial charge on any atom is 0.308 e. The average Bonchev–Trinajstić information content (AvgIpc) is 2.75. The minimum atomic E-state index is -0.891. The first-order chi connectivity index (χ1) is 9.90. The van der Waals surface area contributed by atoms with Crippen LogP contribution in [0.25, 0.3) is 10.9 Å². The van der Waals surface area contributed by atoms with E-state index in [1.165, 1.54) is 4.90 Å². The molecule has 5 nitrogen and oxygen atoms in total. The highest BCUT2D eigenvalue weighted by Crippen LogP contribution is 2.22. The highest BCUT2D eigenvalue weighted by molar-refractivity contribution is 5.90. The zero-order chi connectivity index (χ0) is 15.6. The van der Waals surface area contributed by atoms with Crippen LogP contribution in [0.2, 0.25) is 0 Å². The Kier molecular flexibility index (Phi) is 4.31. The molecule has 0 fully saturated rings. The number of aryl methyl sites for hydroxylation is 1. The largest absolute Gasteiger partial charge is 0.481 e. The molecule has 0 aliphatic heterocycles. The summed E-state index contributed by atoms with van der Waals surface area (Å²) < 4.78 is 0. The normalized spacial score (nSPS) is 12.3. The van der Waals surface area contributed by atoms with E-state index in [1.54, 1.807) is 14.0 Å². The van der Waals surface area contributed by atoms with E-state index >= 15 is 0 Å². The van der Waals surface area contributed by atoms with Crippen molar-refractivity contribution in [2.75, 3.05) is 13.6 Å². The molecule has 2 rings (SSSR count). The molecule has 1 heterocycles. The van der Waals surface area contributed by atoms with Crippen LogP contribution in [0.4, 0.5) is 0 Å². The predicted molar refractivity (Wildman–Crippen MR) is 81.2 cm³/mol. The Morgan fingerprint density at radius 2 is 2.00 bits per heavy atom. The summed E-state index contributed by atoms with van der Waals surface area (Å²) in [6, 6.07) is 7.86. The first-order valence-corrected chi connectivity index (χ1v) is 6.93. The van der Waals surface area contributed by atoms with Crippen LogP contribution in [-0.4, -0.2) is 40.5 Å². The summed E-state index contributed by atoms with van der Waals surface area (Å²) in [5, 5.41) is 9.96. The fraction of sp³-hybridized carbons (Fsp3) is 0.375. The summed E-state index contributed by atoms with van der Waals surface area (Å²) in [7, 11) is 1.64. The number of likely N-dealkylation sites (N-methyl/N-ethyl adjacent to an activating group) is 1. The monoisotopic (exact) mass is 288 g/mol. The van der Waals surface area contributed by atoms with Crippen molar-refractivity contribution in [3.63, 3.8) is 0 Å². The topological polar surface area (TPSA) is 73.4 Å². The third kappa shape index (κ3) is 3.24. The first-order valence-electron chi connectivity index (χ1n) is 6.93. The number of carbonyl (C=O) groups is 2. The molecule has 1 aromatic carbocycles. The zero-order valence-electron chi connectivity index (χ0n) is 12.5. The van der Waals surface area contributed by atoms with E-state index in [1.807, 2.05) is 31.2 Å².